The second-order valence-electron chi connectivity index (χ2n) is 9.24. The van der Waals surface area contributed by atoms with Gasteiger partial charge in [-0.3, -0.25) is 5.41 Å². The lowest BCUT2D eigenvalue weighted by atomic mass is 9.79. The van der Waals surface area contributed by atoms with Crippen molar-refractivity contribution in [2.45, 2.75) is 81.2 Å². The molecule has 3 saturated heterocycles. The van der Waals surface area contributed by atoms with E-state index in [4.69, 9.17) is 70.0 Å². The SMILES string of the molecule is [3H]C1[C@@H](OC(=N)C(Cl)(Cl)Cl)OC2COC(c3ccccc3)O[C@@H]2[C@@H]1O[C@@H]1OC(C)[C@@H](C)[C@H](C)C1C. The van der Waals surface area contributed by atoms with Gasteiger partial charge in [0.1, 0.15) is 12.2 Å². The van der Waals surface area contributed by atoms with Crippen molar-refractivity contribution >= 4 is 40.7 Å². The van der Waals surface area contributed by atoms with Gasteiger partial charge in [-0.05, 0) is 18.8 Å². The highest BCUT2D eigenvalue weighted by atomic mass is 35.6. The molecule has 1 aromatic carbocycles. The molecule has 0 bridgehead atoms. The molecule has 3 aliphatic heterocycles. The van der Waals surface area contributed by atoms with Crippen LogP contribution in [0, 0.1) is 23.2 Å². The lowest BCUT2D eigenvalue weighted by Gasteiger charge is -2.48. The third-order valence-corrected chi connectivity index (χ3v) is 7.59. The molecule has 0 spiro atoms. The summed E-state index contributed by atoms with van der Waals surface area (Å²) in [4.78, 5) is 0. The number of ether oxygens (including phenoxy) is 6. The number of fused-ring (bicyclic) bond motifs is 1. The van der Waals surface area contributed by atoms with E-state index in [0.29, 0.717) is 11.8 Å². The van der Waals surface area contributed by atoms with Gasteiger partial charge in [0.2, 0.25) is 12.2 Å². The predicted molar refractivity (Wildman–Crippen MR) is 129 cm³/mol. The van der Waals surface area contributed by atoms with Crippen LogP contribution in [0.25, 0.3) is 0 Å². The van der Waals surface area contributed by atoms with Crippen LogP contribution in [0.4, 0.5) is 0 Å². The maximum Gasteiger partial charge on any atom is 0.265 e. The molecule has 5 unspecified atom stereocenters. The lowest BCUT2D eigenvalue weighted by molar-refractivity contribution is -0.357. The molecule has 34 heavy (non-hydrogen) atoms. The van der Waals surface area contributed by atoms with E-state index in [1.165, 1.54) is 0 Å². The summed E-state index contributed by atoms with van der Waals surface area (Å²) in [5, 5.41) is 7.96. The maximum absolute atomic E-state index is 8.93. The maximum atomic E-state index is 8.93. The zero-order valence-corrected chi connectivity index (χ0v) is 21.8. The lowest BCUT2D eigenvalue weighted by Crippen LogP contribution is -2.58. The summed E-state index contributed by atoms with van der Waals surface area (Å²) in [6, 6.07) is 9.54. The highest BCUT2D eigenvalue weighted by Gasteiger charge is 2.49. The molecule has 3 heterocycles. The van der Waals surface area contributed by atoms with Crippen molar-refractivity contribution in [3.63, 3.8) is 0 Å². The van der Waals surface area contributed by atoms with E-state index in [-0.39, 0.29) is 18.6 Å². The Kier molecular flexibility index (Phi) is 7.93. The van der Waals surface area contributed by atoms with Crippen LogP contribution < -0.4 is 0 Å². The Labute approximate surface area is 217 Å². The summed E-state index contributed by atoms with van der Waals surface area (Å²) >= 11 is 17.4. The van der Waals surface area contributed by atoms with Crippen LogP contribution >= 0.6 is 34.8 Å². The summed E-state index contributed by atoms with van der Waals surface area (Å²) in [5.74, 6) is 0.154. The first kappa shape index (κ1) is 25.0. The Hall–Kier alpha value is -0.640. The van der Waals surface area contributed by atoms with Crippen molar-refractivity contribution in [1.29, 1.82) is 5.41 Å². The second kappa shape index (κ2) is 10.8. The van der Waals surface area contributed by atoms with E-state index < -0.39 is 53.3 Å². The van der Waals surface area contributed by atoms with Gasteiger partial charge < -0.3 is 28.4 Å². The van der Waals surface area contributed by atoms with Crippen molar-refractivity contribution < 1.29 is 29.8 Å². The first-order valence-electron chi connectivity index (χ1n) is 12.1. The van der Waals surface area contributed by atoms with Gasteiger partial charge in [-0.2, -0.15) is 0 Å². The molecule has 1 N–H and O–H groups in total. The Balaban J connectivity index is 1.58. The molecule has 0 radical (unpaired) electrons. The molecule has 190 valence electrons. The van der Waals surface area contributed by atoms with E-state index in [0.717, 1.165) is 5.56 Å². The van der Waals surface area contributed by atoms with Crippen LogP contribution in [0.5, 0.6) is 0 Å². The number of nitrogens with one attached hydrogen (secondary N) is 1. The van der Waals surface area contributed by atoms with Gasteiger partial charge >= 0.3 is 0 Å². The van der Waals surface area contributed by atoms with Gasteiger partial charge in [-0.15, -0.1) is 0 Å². The van der Waals surface area contributed by atoms with Gasteiger partial charge in [0, 0.05) is 19.2 Å². The summed E-state index contributed by atoms with van der Waals surface area (Å²) in [6.07, 6.45) is -5.61. The number of alkyl halides is 3. The van der Waals surface area contributed by atoms with Crippen molar-refractivity contribution in [2.75, 3.05) is 6.61 Å². The smallest absolute Gasteiger partial charge is 0.265 e. The van der Waals surface area contributed by atoms with Crippen LogP contribution in [0.15, 0.2) is 30.3 Å². The molecule has 4 rings (SSSR count). The first-order valence-corrected chi connectivity index (χ1v) is 12.6. The fraction of sp³-hybridized carbons (Fsp3) is 0.708. The minimum atomic E-state index is -2.09. The van der Waals surface area contributed by atoms with E-state index in [2.05, 4.69) is 20.8 Å². The van der Waals surface area contributed by atoms with Crippen LogP contribution in [-0.4, -0.2) is 53.3 Å². The van der Waals surface area contributed by atoms with E-state index in [9.17, 15) is 0 Å². The first-order chi connectivity index (χ1) is 16.5. The van der Waals surface area contributed by atoms with Crippen LogP contribution in [0.3, 0.4) is 0 Å². The zero-order chi connectivity index (χ0) is 25.5. The van der Waals surface area contributed by atoms with Gasteiger partial charge in [-0.1, -0.05) is 85.9 Å². The van der Waals surface area contributed by atoms with Crippen molar-refractivity contribution in [2.24, 2.45) is 17.8 Å². The minimum absolute atomic E-state index is 0.0108. The number of hydrogen-bond acceptors (Lipinski definition) is 7. The molecule has 1 aromatic rings. The standard InChI is InChI=1S/C24H32Cl3NO6/c1-12-13(2)15(4)30-21(14(12)3)32-17-10-19(33-23(28)24(25,26)27)31-18-11-29-22(34-20(17)18)16-8-6-5-7-9-16/h5-9,12-15,17-22,28H,10-11H2,1-4H3/t12-,13-,14?,15?,17+,18?,19+,20+,21-,22?/m0/s1/i10T/t10?,12-,13-,14?,15?,17+,18?,19+,20+,21-,22?. The van der Waals surface area contributed by atoms with E-state index in [1.807, 2.05) is 37.3 Å². The minimum Gasteiger partial charge on any atom is -0.448 e. The molecule has 0 amide bonds. The third-order valence-electron chi connectivity index (χ3n) is 7.07. The normalized spacial score (nSPS) is 43.5. The molecular weight excluding hydrogens is 505 g/mol. The fourth-order valence-corrected chi connectivity index (χ4v) is 4.65. The molecule has 11 atom stereocenters. The highest BCUT2D eigenvalue weighted by molar-refractivity contribution is 6.76. The van der Waals surface area contributed by atoms with E-state index in [1.54, 1.807) is 0 Å². The van der Waals surface area contributed by atoms with E-state index >= 15 is 0 Å². The topological polar surface area (TPSA) is 79.2 Å². The monoisotopic (exact) mass is 537 g/mol. The average molecular weight is 539 g/mol. The molecule has 3 aliphatic rings. The summed E-state index contributed by atoms with van der Waals surface area (Å²) in [7, 11) is 0. The largest absolute Gasteiger partial charge is 0.448 e. The highest BCUT2D eigenvalue weighted by Crippen LogP contribution is 2.40. The molecule has 0 saturated carbocycles. The van der Waals surface area contributed by atoms with Gasteiger partial charge in [0.05, 0.1) is 18.8 Å². The number of halogens is 3. The average Bonchev–Trinajstić information content (AvgIpc) is 2.83. The van der Waals surface area contributed by atoms with Crippen molar-refractivity contribution in [1.82, 2.24) is 0 Å². The van der Waals surface area contributed by atoms with Gasteiger partial charge in [0.15, 0.2) is 12.6 Å². The molecule has 7 nitrogen and oxygen atoms in total. The fourth-order valence-electron chi connectivity index (χ4n) is 4.52. The molecule has 10 heteroatoms. The van der Waals surface area contributed by atoms with Gasteiger partial charge in [0.25, 0.3) is 3.79 Å². The van der Waals surface area contributed by atoms with Gasteiger partial charge in [-0.25, -0.2) is 0 Å². The van der Waals surface area contributed by atoms with Crippen LogP contribution in [-0.2, 0) is 28.4 Å². The van der Waals surface area contributed by atoms with Crippen molar-refractivity contribution in [3.05, 3.63) is 35.9 Å². The Morgan fingerprint density at radius 1 is 1.03 bits per heavy atom. The van der Waals surface area contributed by atoms with Crippen molar-refractivity contribution in [3.8, 4) is 0 Å². The van der Waals surface area contributed by atoms with Crippen LogP contribution in [0.1, 0.15) is 47.3 Å². The predicted octanol–water partition coefficient (Wildman–Crippen LogP) is 5.62. The summed E-state index contributed by atoms with van der Waals surface area (Å²) < 4.78 is 43.2. The number of benzene rings is 1. The van der Waals surface area contributed by atoms with Crippen LogP contribution in [0.2, 0.25) is 0 Å². The summed E-state index contributed by atoms with van der Waals surface area (Å²) in [6.45, 7) is 8.62. The second-order valence-corrected chi connectivity index (χ2v) is 11.5. The molecular formula is C24H32Cl3NO6. The molecule has 0 aliphatic carbocycles. The molecule has 3 fully saturated rings. The Morgan fingerprint density at radius 3 is 2.41 bits per heavy atom. The Morgan fingerprint density at radius 2 is 1.74 bits per heavy atom. The third kappa shape index (κ3) is 5.84. The zero-order valence-electron chi connectivity index (χ0n) is 20.5. The molecule has 0 aromatic heterocycles. The quantitative estimate of drug-likeness (QED) is 0.305. The summed E-state index contributed by atoms with van der Waals surface area (Å²) in [5.41, 5.74) is 0.848. The Bertz CT molecular complexity index is 877. The number of rotatable bonds is 4. The number of hydrogen-bond donors (Lipinski definition) is 1.